The summed E-state index contributed by atoms with van der Waals surface area (Å²) in [5.41, 5.74) is 2.16. The molecule has 196 valence electrons. The van der Waals surface area contributed by atoms with Crippen LogP contribution in [0.15, 0.2) is 60.7 Å². The van der Waals surface area contributed by atoms with E-state index in [1.165, 1.54) is 64.2 Å². The van der Waals surface area contributed by atoms with E-state index >= 15 is 0 Å². The lowest BCUT2D eigenvalue weighted by molar-refractivity contribution is 0.0603. The lowest BCUT2D eigenvalue weighted by atomic mass is 9.70. The van der Waals surface area contributed by atoms with Crippen molar-refractivity contribution in [2.45, 2.75) is 98.8 Å². The molecule has 2 aliphatic heterocycles. The van der Waals surface area contributed by atoms with Crippen LogP contribution in [0.25, 0.3) is 22.8 Å². The van der Waals surface area contributed by atoms with Crippen LogP contribution in [0.5, 0.6) is 0 Å². The van der Waals surface area contributed by atoms with Gasteiger partial charge in [0.05, 0.1) is 0 Å². The third kappa shape index (κ3) is 3.95. The van der Waals surface area contributed by atoms with Crippen molar-refractivity contribution in [2.75, 3.05) is 0 Å². The largest absolute Gasteiger partial charge is 0.292 e. The zero-order valence-corrected chi connectivity index (χ0v) is 23.0. The average molecular weight is 523 g/mol. The smallest absolute Gasteiger partial charge is 0.163 e. The summed E-state index contributed by atoms with van der Waals surface area (Å²) < 4.78 is 0. The predicted octanol–water partition coefficient (Wildman–Crippen LogP) is 7.37. The highest BCUT2D eigenvalue weighted by Gasteiger charge is 2.59. The second-order valence-corrected chi connectivity index (χ2v) is 13.9. The first-order valence-electron chi connectivity index (χ1n) is 15.1. The number of hydrogen-bond acceptors (Lipinski definition) is 5. The Morgan fingerprint density at radius 2 is 1.29 bits per heavy atom. The normalized spacial score (nSPS) is 36.2. The van der Waals surface area contributed by atoms with E-state index in [-0.39, 0.29) is 0 Å². The van der Waals surface area contributed by atoms with Gasteiger partial charge in [0.2, 0.25) is 0 Å². The fourth-order valence-electron chi connectivity index (χ4n) is 8.95. The number of thioether (sulfide) groups is 1. The summed E-state index contributed by atoms with van der Waals surface area (Å²) in [4.78, 5) is 18.4. The minimum Gasteiger partial charge on any atom is -0.292 e. The van der Waals surface area contributed by atoms with E-state index in [0.29, 0.717) is 5.92 Å². The van der Waals surface area contributed by atoms with Crippen LogP contribution in [0.3, 0.4) is 0 Å². The van der Waals surface area contributed by atoms with Gasteiger partial charge in [-0.1, -0.05) is 79.9 Å². The Bertz CT molecular complexity index is 1220. The van der Waals surface area contributed by atoms with E-state index in [1.807, 2.05) is 0 Å². The van der Waals surface area contributed by atoms with Crippen molar-refractivity contribution in [3.05, 3.63) is 66.5 Å². The molecule has 0 amide bonds. The Morgan fingerprint density at radius 3 is 2.03 bits per heavy atom. The Hall–Kier alpha value is -2.24. The lowest BCUT2D eigenvalue weighted by Gasteiger charge is -2.53. The van der Waals surface area contributed by atoms with Crippen LogP contribution in [-0.4, -0.2) is 48.5 Å². The zero-order chi connectivity index (χ0) is 25.1. The fraction of sp³-hybridized carbons (Fsp3) is 0.545. The molecule has 2 saturated heterocycles. The first kappa shape index (κ1) is 23.6. The molecule has 5 heteroatoms. The van der Waals surface area contributed by atoms with Crippen LogP contribution >= 0.6 is 11.8 Å². The standard InChI is InChI=1S/C33H38N4S/c1-3-10-21(11-4-1)31-34-32(22-12-5-2-6-13-22)36-33(35-31)23-18-19-26-25(20-23)24-14-9-17-29-30(24)37(26)27-15-7-8-16-28(27)38-29/h1-6,10-13,23-30H,7-9,14-20H2. The van der Waals surface area contributed by atoms with Crippen LogP contribution in [-0.2, 0) is 0 Å². The summed E-state index contributed by atoms with van der Waals surface area (Å²) in [5.74, 6) is 4.78. The Morgan fingerprint density at radius 1 is 0.605 bits per heavy atom. The maximum Gasteiger partial charge on any atom is 0.163 e. The molecule has 5 fully saturated rings. The molecule has 4 nitrogen and oxygen atoms in total. The van der Waals surface area contributed by atoms with Gasteiger partial charge in [-0.2, -0.15) is 11.8 Å². The Labute approximate surface area is 231 Å². The van der Waals surface area contributed by atoms with Gasteiger partial charge in [-0.05, 0) is 56.8 Å². The van der Waals surface area contributed by atoms with Gasteiger partial charge in [-0.3, -0.25) is 4.90 Å². The topological polar surface area (TPSA) is 41.9 Å². The molecule has 3 aliphatic carbocycles. The molecule has 0 bridgehead atoms. The van der Waals surface area contributed by atoms with E-state index in [2.05, 4.69) is 77.3 Å². The second kappa shape index (κ2) is 9.75. The molecular formula is C33H38N4S. The van der Waals surface area contributed by atoms with E-state index in [1.54, 1.807) is 0 Å². The zero-order valence-electron chi connectivity index (χ0n) is 22.2. The van der Waals surface area contributed by atoms with Gasteiger partial charge >= 0.3 is 0 Å². The van der Waals surface area contributed by atoms with Crippen molar-refractivity contribution in [2.24, 2.45) is 11.8 Å². The summed E-state index contributed by atoms with van der Waals surface area (Å²) in [7, 11) is 0. The van der Waals surface area contributed by atoms with E-state index in [9.17, 15) is 0 Å². The molecule has 1 aromatic heterocycles. The van der Waals surface area contributed by atoms with Crippen molar-refractivity contribution in [1.82, 2.24) is 19.9 Å². The van der Waals surface area contributed by atoms with Crippen molar-refractivity contribution in [3.63, 3.8) is 0 Å². The van der Waals surface area contributed by atoms with Crippen LogP contribution in [0.4, 0.5) is 0 Å². The van der Waals surface area contributed by atoms with Crippen LogP contribution in [0, 0.1) is 11.8 Å². The van der Waals surface area contributed by atoms with Gasteiger partial charge in [0, 0.05) is 45.7 Å². The molecule has 8 rings (SSSR count). The molecule has 0 spiro atoms. The first-order chi connectivity index (χ1) is 18.8. The first-order valence-corrected chi connectivity index (χ1v) is 16.1. The number of benzene rings is 2. The Balaban J connectivity index is 1.14. The van der Waals surface area contributed by atoms with Gasteiger partial charge in [-0.25, -0.2) is 15.0 Å². The van der Waals surface area contributed by atoms with Gasteiger partial charge < -0.3 is 0 Å². The Kier molecular flexibility index (Phi) is 6.06. The van der Waals surface area contributed by atoms with Gasteiger partial charge in [0.15, 0.2) is 11.6 Å². The fourth-order valence-corrected chi connectivity index (χ4v) is 11.0. The summed E-state index contributed by atoms with van der Waals surface area (Å²) in [6.45, 7) is 0. The highest BCUT2D eigenvalue weighted by atomic mass is 32.2. The highest BCUT2D eigenvalue weighted by Crippen LogP contribution is 2.59. The molecule has 3 saturated carbocycles. The molecule has 3 heterocycles. The van der Waals surface area contributed by atoms with Crippen molar-refractivity contribution < 1.29 is 0 Å². The van der Waals surface area contributed by atoms with E-state index < -0.39 is 0 Å². The van der Waals surface area contributed by atoms with Gasteiger partial charge in [-0.15, -0.1) is 0 Å². The molecule has 8 unspecified atom stereocenters. The SMILES string of the molecule is c1ccc(-c2nc(-c3ccccc3)nc(C3CCC4C(C3)C3CCCC5SC6CCCCC6N4C53)n2)cc1. The molecule has 0 N–H and O–H groups in total. The second-order valence-electron chi connectivity index (χ2n) is 12.4. The molecule has 2 aromatic carbocycles. The highest BCUT2D eigenvalue weighted by molar-refractivity contribution is 8.00. The molecule has 3 aromatic rings. The summed E-state index contributed by atoms with van der Waals surface area (Å²) in [5, 5.41) is 1.77. The van der Waals surface area contributed by atoms with Crippen molar-refractivity contribution in [3.8, 4) is 22.8 Å². The third-order valence-corrected chi connectivity index (χ3v) is 12.2. The average Bonchev–Trinajstić information content (AvgIpc) is 3.33. The van der Waals surface area contributed by atoms with Crippen molar-refractivity contribution in [1.29, 1.82) is 0 Å². The number of nitrogens with zero attached hydrogens (tertiary/aromatic N) is 4. The van der Waals surface area contributed by atoms with Gasteiger partial charge in [0.1, 0.15) is 5.82 Å². The maximum absolute atomic E-state index is 5.16. The molecule has 8 atom stereocenters. The minimum absolute atomic E-state index is 0.431. The van der Waals surface area contributed by atoms with Gasteiger partial charge in [0.25, 0.3) is 0 Å². The number of aromatic nitrogens is 3. The monoisotopic (exact) mass is 522 g/mol. The number of hydrogen-bond donors (Lipinski definition) is 0. The van der Waals surface area contributed by atoms with Crippen LogP contribution in [0.1, 0.15) is 76.0 Å². The van der Waals surface area contributed by atoms with Crippen LogP contribution in [0.2, 0.25) is 0 Å². The predicted molar refractivity (Wildman–Crippen MR) is 155 cm³/mol. The molecule has 0 radical (unpaired) electrons. The van der Waals surface area contributed by atoms with E-state index in [0.717, 1.165) is 69.1 Å². The summed E-state index contributed by atoms with van der Waals surface area (Å²) in [6, 6.07) is 23.4. The van der Waals surface area contributed by atoms with E-state index in [4.69, 9.17) is 15.0 Å². The molecule has 5 aliphatic rings. The summed E-state index contributed by atoms with van der Waals surface area (Å²) >= 11 is 2.41. The van der Waals surface area contributed by atoms with Crippen molar-refractivity contribution >= 4 is 11.8 Å². The number of fused-ring (bicyclic) bond motifs is 5. The minimum atomic E-state index is 0.431. The third-order valence-electron chi connectivity index (χ3n) is 10.5. The lowest BCUT2D eigenvalue weighted by Crippen LogP contribution is -2.59. The van der Waals surface area contributed by atoms with Crippen LogP contribution < -0.4 is 0 Å². The quantitative estimate of drug-likeness (QED) is 0.359. The molecule has 38 heavy (non-hydrogen) atoms. The maximum atomic E-state index is 5.16. The summed E-state index contributed by atoms with van der Waals surface area (Å²) in [6.07, 6.45) is 13.9. The molecular weight excluding hydrogens is 484 g/mol. The number of rotatable bonds is 3.